The lowest BCUT2D eigenvalue weighted by Gasteiger charge is -2.12. The van der Waals surface area contributed by atoms with Crippen molar-refractivity contribution in [2.24, 2.45) is 0 Å². The summed E-state index contributed by atoms with van der Waals surface area (Å²) >= 11 is 5.63. The van der Waals surface area contributed by atoms with Crippen LogP contribution in [0.3, 0.4) is 0 Å². The molecule has 0 radical (unpaired) electrons. The maximum atomic E-state index is 13.3. The molecule has 3 N–H and O–H groups in total. The van der Waals surface area contributed by atoms with Gasteiger partial charge < -0.3 is 14.7 Å². The highest BCUT2D eigenvalue weighted by Crippen LogP contribution is 2.38. The fourth-order valence-corrected chi connectivity index (χ4v) is 3.43. The second kappa shape index (κ2) is 6.46. The molecule has 0 atom stereocenters. The van der Waals surface area contributed by atoms with Gasteiger partial charge in [0.25, 0.3) is 15.9 Å². The number of phenols is 2. The van der Waals surface area contributed by atoms with Crippen LogP contribution in [-0.4, -0.2) is 28.8 Å². The predicted octanol–water partition coefficient (Wildman–Crippen LogP) is 3.05. The van der Waals surface area contributed by atoms with E-state index >= 15 is 0 Å². The minimum absolute atomic E-state index is 0.0395. The largest absolute Gasteiger partial charge is 0.504 e. The van der Waals surface area contributed by atoms with Gasteiger partial charge in [0.1, 0.15) is 5.82 Å². The van der Waals surface area contributed by atoms with Gasteiger partial charge in [-0.25, -0.2) is 12.8 Å². The minimum Gasteiger partial charge on any atom is -0.504 e. The van der Waals surface area contributed by atoms with Gasteiger partial charge in [-0.3, -0.25) is 4.72 Å². The lowest BCUT2D eigenvalue weighted by molar-refractivity contribution is 0.403. The number of nitrogens with one attached hydrogen (secondary N) is 1. The van der Waals surface area contributed by atoms with Gasteiger partial charge in [-0.05, 0) is 31.2 Å². The Morgan fingerprint density at radius 1 is 1.19 bits per heavy atom. The quantitative estimate of drug-likeness (QED) is 0.454. The van der Waals surface area contributed by atoms with Gasteiger partial charge in [0.2, 0.25) is 0 Å². The van der Waals surface area contributed by atoms with Crippen molar-refractivity contribution in [3.8, 4) is 23.0 Å². The van der Waals surface area contributed by atoms with Crippen molar-refractivity contribution < 1.29 is 27.5 Å². The molecule has 0 bridgehead atoms. The van der Waals surface area contributed by atoms with E-state index in [1.807, 2.05) is 0 Å². The van der Waals surface area contributed by atoms with Crippen molar-refractivity contribution in [1.82, 2.24) is 10.1 Å². The number of halogens is 2. The zero-order chi connectivity index (χ0) is 19.1. The summed E-state index contributed by atoms with van der Waals surface area (Å²) in [6.07, 6.45) is 0. The van der Waals surface area contributed by atoms with Crippen LogP contribution in [0.2, 0.25) is 5.02 Å². The molecule has 3 rings (SSSR count). The number of aryl methyl sites for hydroxylation is 1. The van der Waals surface area contributed by atoms with Crippen LogP contribution in [0.25, 0.3) is 11.5 Å². The average Bonchev–Trinajstić information content (AvgIpc) is 2.99. The molecule has 0 saturated heterocycles. The second-order valence-corrected chi connectivity index (χ2v) is 7.30. The number of phenolic OH excluding ortho intramolecular Hbond substituents is 2. The normalized spacial score (nSPS) is 11.5. The number of hydrogen-bond donors (Lipinski definition) is 3. The SMILES string of the molecule is Cc1noc(-c2cc(O)c(O)cc2NS(=O)(=O)c2ccc(F)c(Cl)c2)n1. The molecule has 0 aliphatic carbocycles. The first-order valence-electron chi connectivity index (χ1n) is 7.02. The third kappa shape index (κ3) is 3.41. The van der Waals surface area contributed by atoms with Gasteiger partial charge in [0.15, 0.2) is 17.3 Å². The van der Waals surface area contributed by atoms with E-state index in [0.717, 1.165) is 30.3 Å². The van der Waals surface area contributed by atoms with Crippen LogP contribution in [0.1, 0.15) is 5.82 Å². The molecular formula is C15H11ClFN3O5S. The van der Waals surface area contributed by atoms with E-state index < -0.39 is 27.3 Å². The summed E-state index contributed by atoms with van der Waals surface area (Å²) in [5, 5.41) is 22.6. The Bertz CT molecular complexity index is 1100. The number of nitrogens with zero attached hydrogens (tertiary/aromatic N) is 2. The fourth-order valence-electron chi connectivity index (χ4n) is 2.09. The van der Waals surface area contributed by atoms with Crippen molar-refractivity contribution in [2.75, 3.05) is 4.72 Å². The first-order chi connectivity index (χ1) is 12.2. The van der Waals surface area contributed by atoms with Crippen LogP contribution in [0, 0.1) is 12.7 Å². The number of benzene rings is 2. The minimum atomic E-state index is -4.19. The summed E-state index contributed by atoms with van der Waals surface area (Å²) in [6.45, 7) is 1.55. The van der Waals surface area contributed by atoms with Crippen molar-refractivity contribution in [1.29, 1.82) is 0 Å². The number of aromatic hydroxyl groups is 2. The lowest BCUT2D eigenvalue weighted by atomic mass is 10.1. The Hall–Kier alpha value is -2.85. The smallest absolute Gasteiger partial charge is 0.261 e. The Labute approximate surface area is 151 Å². The van der Waals surface area contributed by atoms with Gasteiger partial charge in [-0.2, -0.15) is 4.98 Å². The van der Waals surface area contributed by atoms with Crippen LogP contribution in [0.15, 0.2) is 39.8 Å². The van der Waals surface area contributed by atoms with Crippen molar-refractivity contribution in [2.45, 2.75) is 11.8 Å². The summed E-state index contributed by atoms with van der Waals surface area (Å²) in [4.78, 5) is 3.66. The summed E-state index contributed by atoms with van der Waals surface area (Å²) < 4.78 is 45.6. The number of anilines is 1. The molecule has 1 heterocycles. The maximum absolute atomic E-state index is 13.3. The molecule has 2 aromatic carbocycles. The highest BCUT2D eigenvalue weighted by atomic mass is 35.5. The highest BCUT2D eigenvalue weighted by Gasteiger charge is 2.22. The standard InChI is InChI=1S/C15H11ClFN3O5S/c1-7-18-15(25-19-7)9-5-13(21)14(22)6-12(9)20-26(23,24)8-2-3-11(17)10(16)4-8/h2-6,20-22H,1H3. The van der Waals surface area contributed by atoms with E-state index in [4.69, 9.17) is 16.1 Å². The molecule has 0 amide bonds. The molecule has 3 aromatic rings. The predicted molar refractivity (Wildman–Crippen MR) is 90.0 cm³/mol. The van der Waals surface area contributed by atoms with E-state index in [1.54, 1.807) is 6.92 Å². The van der Waals surface area contributed by atoms with Crippen molar-refractivity contribution in [3.05, 3.63) is 47.0 Å². The maximum Gasteiger partial charge on any atom is 0.261 e. The van der Waals surface area contributed by atoms with Crippen LogP contribution in [0.4, 0.5) is 10.1 Å². The third-order valence-electron chi connectivity index (χ3n) is 3.32. The van der Waals surface area contributed by atoms with Crippen molar-refractivity contribution >= 4 is 27.3 Å². The van der Waals surface area contributed by atoms with Crippen LogP contribution < -0.4 is 4.72 Å². The Kier molecular flexibility index (Phi) is 4.46. The van der Waals surface area contributed by atoms with Gasteiger partial charge >= 0.3 is 0 Å². The Morgan fingerprint density at radius 3 is 2.50 bits per heavy atom. The molecule has 136 valence electrons. The molecular weight excluding hydrogens is 389 g/mol. The number of hydrogen-bond acceptors (Lipinski definition) is 7. The molecule has 0 aliphatic rings. The van der Waals surface area contributed by atoms with Crippen LogP contribution >= 0.6 is 11.6 Å². The summed E-state index contributed by atoms with van der Waals surface area (Å²) in [5.74, 6) is -1.64. The van der Waals surface area contributed by atoms with E-state index in [2.05, 4.69) is 14.9 Å². The number of rotatable bonds is 4. The van der Waals surface area contributed by atoms with E-state index in [9.17, 15) is 23.0 Å². The molecule has 0 fully saturated rings. The molecule has 8 nitrogen and oxygen atoms in total. The van der Waals surface area contributed by atoms with Gasteiger partial charge in [-0.1, -0.05) is 16.8 Å². The van der Waals surface area contributed by atoms with E-state index in [0.29, 0.717) is 0 Å². The zero-order valence-electron chi connectivity index (χ0n) is 13.1. The molecule has 0 unspecified atom stereocenters. The first-order valence-corrected chi connectivity index (χ1v) is 8.88. The summed E-state index contributed by atoms with van der Waals surface area (Å²) in [5.41, 5.74) is -0.0953. The van der Waals surface area contributed by atoms with Gasteiger partial charge in [-0.15, -0.1) is 0 Å². The third-order valence-corrected chi connectivity index (χ3v) is 4.97. The Morgan fingerprint density at radius 2 is 1.88 bits per heavy atom. The summed E-state index contributed by atoms with van der Waals surface area (Å²) in [7, 11) is -4.19. The lowest BCUT2D eigenvalue weighted by Crippen LogP contribution is -2.14. The monoisotopic (exact) mass is 399 g/mol. The van der Waals surface area contributed by atoms with Gasteiger partial charge in [0.05, 0.1) is 21.2 Å². The molecule has 0 spiro atoms. The van der Waals surface area contributed by atoms with E-state index in [-0.39, 0.29) is 32.9 Å². The van der Waals surface area contributed by atoms with Crippen molar-refractivity contribution in [3.63, 3.8) is 0 Å². The first kappa shape index (κ1) is 18.0. The average molecular weight is 400 g/mol. The van der Waals surface area contributed by atoms with E-state index in [1.165, 1.54) is 0 Å². The second-order valence-electron chi connectivity index (χ2n) is 5.21. The molecule has 11 heteroatoms. The molecule has 0 aliphatic heterocycles. The zero-order valence-corrected chi connectivity index (χ0v) is 14.6. The highest BCUT2D eigenvalue weighted by molar-refractivity contribution is 7.92. The van der Waals surface area contributed by atoms with Crippen LogP contribution in [-0.2, 0) is 10.0 Å². The molecule has 0 saturated carbocycles. The molecule has 1 aromatic heterocycles. The molecule has 26 heavy (non-hydrogen) atoms. The number of sulfonamides is 1. The number of aromatic nitrogens is 2. The Balaban J connectivity index is 2.08. The van der Waals surface area contributed by atoms with Gasteiger partial charge in [0, 0.05) is 6.07 Å². The topological polar surface area (TPSA) is 126 Å². The fraction of sp³-hybridized carbons (Fsp3) is 0.0667. The summed E-state index contributed by atoms with van der Waals surface area (Å²) in [6, 6.07) is 4.93. The van der Waals surface area contributed by atoms with Crippen LogP contribution in [0.5, 0.6) is 11.5 Å².